The van der Waals surface area contributed by atoms with Crippen LogP contribution in [-0.2, 0) is 19.2 Å². The summed E-state index contributed by atoms with van der Waals surface area (Å²) < 4.78 is 0. The maximum absolute atomic E-state index is 13.2. The maximum atomic E-state index is 13.2. The summed E-state index contributed by atoms with van der Waals surface area (Å²) in [6.45, 7) is 1.61. The van der Waals surface area contributed by atoms with E-state index in [1.807, 2.05) is 0 Å². The average Bonchev–Trinajstić information content (AvgIpc) is 3.35. The van der Waals surface area contributed by atoms with Crippen molar-refractivity contribution in [3.63, 3.8) is 0 Å². The number of piperidine rings is 1. The van der Waals surface area contributed by atoms with Crippen LogP contribution in [-0.4, -0.2) is 89.4 Å². The molecule has 0 spiro atoms. The first-order valence-electron chi connectivity index (χ1n) is 11.5. The van der Waals surface area contributed by atoms with E-state index in [9.17, 15) is 19.2 Å². The van der Waals surface area contributed by atoms with Crippen molar-refractivity contribution in [2.24, 2.45) is 5.92 Å². The zero-order valence-corrected chi connectivity index (χ0v) is 18.8. The van der Waals surface area contributed by atoms with E-state index >= 15 is 0 Å². The van der Waals surface area contributed by atoms with Gasteiger partial charge in [-0.25, -0.2) is 0 Å². The zero-order chi connectivity index (χ0) is 21.8. The normalized spacial score (nSPS) is 30.1. The predicted molar refractivity (Wildman–Crippen MR) is 117 cm³/mol. The molecule has 4 amide bonds. The number of rotatable bonds is 4. The molecule has 3 saturated heterocycles. The number of nitrogens with one attached hydrogen (secondary N) is 3. The molecule has 0 aromatic rings. The molecule has 0 aromatic carbocycles. The van der Waals surface area contributed by atoms with Crippen LogP contribution in [0.1, 0.15) is 44.9 Å². The lowest BCUT2D eigenvalue weighted by Gasteiger charge is -2.43. The molecule has 9 nitrogen and oxygen atoms in total. The van der Waals surface area contributed by atoms with Crippen LogP contribution in [0.3, 0.4) is 0 Å². The van der Waals surface area contributed by atoms with Crippen molar-refractivity contribution in [1.82, 2.24) is 25.8 Å². The van der Waals surface area contributed by atoms with Gasteiger partial charge in [-0.15, -0.1) is 11.8 Å². The fourth-order valence-electron chi connectivity index (χ4n) is 5.01. The SMILES string of the molecule is O=C1NCCC[C@@H]1NC(=O)[C@H]1CN(C(=O)C2CCCCC2)CCN1C(=O)[C@@H]1CSCN1. The fourth-order valence-corrected chi connectivity index (χ4v) is 5.94. The van der Waals surface area contributed by atoms with Crippen molar-refractivity contribution < 1.29 is 19.2 Å². The smallest absolute Gasteiger partial charge is 0.245 e. The third-order valence-corrected chi connectivity index (χ3v) is 7.79. The molecule has 1 aliphatic carbocycles. The van der Waals surface area contributed by atoms with Gasteiger partial charge in [0.1, 0.15) is 12.1 Å². The predicted octanol–water partition coefficient (Wildman–Crippen LogP) is -0.337. The van der Waals surface area contributed by atoms with Crippen molar-refractivity contribution in [2.75, 3.05) is 37.8 Å². The number of hydrogen-bond donors (Lipinski definition) is 3. The van der Waals surface area contributed by atoms with E-state index in [2.05, 4.69) is 16.0 Å². The van der Waals surface area contributed by atoms with Gasteiger partial charge in [0.2, 0.25) is 23.6 Å². The van der Waals surface area contributed by atoms with E-state index < -0.39 is 12.1 Å². The first kappa shape index (κ1) is 22.4. The number of amides is 4. The Morgan fingerprint density at radius 3 is 2.52 bits per heavy atom. The molecular formula is C21H33N5O4S. The van der Waals surface area contributed by atoms with Crippen LogP contribution in [0.15, 0.2) is 0 Å². The summed E-state index contributed by atoms with van der Waals surface area (Å²) in [4.78, 5) is 55.0. The summed E-state index contributed by atoms with van der Waals surface area (Å²) in [6, 6.07) is -1.66. The van der Waals surface area contributed by atoms with Gasteiger partial charge in [0, 0.05) is 37.2 Å². The highest BCUT2D eigenvalue weighted by atomic mass is 32.2. The molecular weight excluding hydrogens is 418 g/mol. The molecule has 4 rings (SSSR count). The molecule has 3 aliphatic heterocycles. The highest BCUT2D eigenvalue weighted by Gasteiger charge is 2.42. The Bertz CT molecular complexity index is 708. The standard InChI is InChI=1S/C21H33N5O4S/c27-18-15(7-4-8-22-18)24-19(28)17-11-25(20(29)14-5-2-1-3-6-14)9-10-26(17)21(30)16-12-31-13-23-16/h14-17,23H,1-13H2,(H,22,27)(H,24,28)/t15-,16-,17+/m0/s1. The maximum Gasteiger partial charge on any atom is 0.245 e. The lowest BCUT2D eigenvalue weighted by molar-refractivity contribution is -0.151. The van der Waals surface area contributed by atoms with Gasteiger partial charge in [-0.05, 0) is 25.7 Å². The molecule has 1 saturated carbocycles. The molecule has 0 radical (unpaired) electrons. The molecule has 31 heavy (non-hydrogen) atoms. The molecule has 10 heteroatoms. The van der Waals surface area contributed by atoms with Gasteiger partial charge in [0.15, 0.2) is 0 Å². The average molecular weight is 452 g/mol. The first-order chi connectivity index (χ1) is 15.0. The van der Waals surface area contributed by atoms with Gasteiger partial charge in [-0.1, -0.05) is 19.3 Å². The topological polar surface area (TPSA) is 111 Å². The zero-order valence-electron chi connectivity index (χ0n) is 17.9. The lowest BCUT2D eigenvalue weighted by atomic mass is 9.88. The molecule has 0 unspecified atom stereocenters. The van der Waals surface area contributed by atoms with Gasteiger partial charge in [-0.2, -0.15) is 0 Å². The second-order valence-electron chi connectivity index (χ2n) is 8.93. The molecule has 4 fully saturated rings. The second kappa shape index (κ2) is 10.2. The Balaban J connectivity index is 1.47. The number of piperazine rings is 1. The Morgan fingerprint density at radius 2 is 1.81 bits per heavy atom. The van der Waals surface area contributed by atoms with Crippen LogP contribution >= 0.6 is 11.8 Å². The largest absolute Gasteiger partial charge is 0.354 e. The number of hydrogen-bond acceptors (Lipinski definition) is 6. The molecule has 0 aromatic heterocycles. The lowest BCUT2D eigenvalue weighted by Crippen LogP contribution is -2.65. The van der Waals surface area contributed by atoms with Crippen LogP contribution in [0.25, 0.3) is 0 Å². The van der Waals surface area contributed by atoms with Crippen molar-refractivity contribution in [3.8, 4) is 0 Å². The highest BCUT2D eigenvalue weighted by Crippen LogP contribution is 2.27. The van der Waals surface area contributed by atoms with Gasteiger partial charge in [0.05, 0.1) is 12.6 Å². The van der Waals surface area contributed by atoms with Crippen LogP contribution in [0.4, 0.5) is 0 Å². The summed E-state index contributed by atoms with van der Waals surface area (Å²) >= 11 is 1.66. The minimum absolute atomic E-state index is 0.0248. The van der Waals surface area contributed by atoms with Gasteiger partial charge in [-0.3, -0.25) is 24.5 Å². The minimum Gasteiger partial charge on any atom is -0.354 e. The molecule has 3 N–H and O–H groups in total. The number of nitrogens with zero attached hydrogens (tertiary/aromatic N) is 2. The van der Waals surface area contributed by atoms with E-state index in [4.69, 9.17) is 0 Å². The molecule has 0 bridgehead atoms. The monoisotopic (exact) mass is 451 g/mol. The van der Waals surface area contributed by atoms with Crippen LogP contribution in [0.5, 0.6) is 0 Å². The summed E-state index contributed by atoms with van der Waals surface area (Å²) in [5, 5.41) is 8.80. The Labute approximate surface area is 187 Å². The summed E-state index contributed by atoms with van der Waals surface area (Å²) in [5.41, 5.74) is 0. The number of carbonyl (C=O) groups is 4. The second-order valence-corrected chi connectivity index (χ2v) is 9.96. The Morgan fingerprint density at radius 1 is 1.00 bits per heavy atom. The molecule has 172 valence electrons. The van der Waals surface area contributed by atoms with E-state index in [0.717, 1.165) is 38.0 Å². The third kappa shape index (κ3) is 5.16. The van der Waals surface area contributed by atoms with Gasteiger partial charge in [0.25, 0.3) is 0 Å². The fraction of sp³-hybridized carbons (Fsp3) is 0.810. The molecule has 3 heterocycles. The van der Waals surface area contributed by atoms with E-state index in [1.165, 1.54) is 6.42 Å². The van der Waals surface area contributed by atoms with Crippen LogP contribution in [0.2, 0.25) is 0 Å². The number of thioether (sulfide) groups is 1. The van der Waals surface area contributed by atoms with E-state index in [-0.39, 0.29) is 42.1 Å². The summed E-state index contributed by atoms with van der Waals surface area (Å²) in [7, 11) is 0. The van der Waals surface area contributed by atoms with Crippen molar-refractivity contribution in [1.29, 1.82) is 0 Å². The molecule has 3 atom stereocenters. The quantitative estimate of drug-likeness (QED) is 0.540. The highest BCUT2D eigenvalue weighted by molar-refractivity contribution is 7.99. The Hall–Kier alpha value is -1.81. The van der Waals surface area contributed by atoms with Crippen molar-refractivity contribution in [2.45, 2.75) is 63.1 Å². The van der Waals surface area contributed by atoms with E-state index in [1.54, 1.807) is 21.6 Å². The van der Waals surface area contributed by atoms with E-state index in [0.29, 0.717) is 31.8 Å². The van der Waals surface area contributed by atoms with Gasteiger partial charge >= 0.3 is 0 Å². The summed E-state index contributed by atoms with van der Waals surface area (Å²) in [5.74, 6) is 0.906. The Kier molecular flexibility index (Phi) is 7.37. The van der Waals surface area contributed by atoms with Crippen molar-refractivity contribution >= 4 is 35.4 Å². The van der Waals surface area contributed by atoms with Crippen LogP contribution in [0, 0.1) is 5.92 Å². The summed E-state index contributed by atoms with van der Waals surface area (Å²) in [6.07, 6.45) is 6.51. The first-order valence-corrected chi connectivity index (χ1v) is 12.7. The molecule has 4 aliphatic rings. The number of carbonyl (C=O) groups excluding carboxylic acids is 4. The van der Waals surface area contributed by atoms with Gasteiger partial charge < -0.3 is 20.4 Å². The minimum atomic E-state index is -0.768. The van der Waals surface area contributed by atoms with Crippen LogP contribution < -0.4 is 16.0 Å². The van der Waals surface area contributed by atoms with Crippen molar-refractivity contribution in [3.05, 3.63) is 0 Å². The third-order valence-electron chi connectivity index (χ3n) is 6.85.